The number of hydrogen-bond donors (Lipinski definition) is 2. The van der Waals surface area contributed by atoms with E-state index in [1.807, 2.05) is 13.0 Å². The molecule has 4 aromatic rings. The van der Waals surface area contributed by atoms with Crippen LogP contribution in [0.25, 0.3) is 40.0 Å². The van der Waals surface area contributed by atoms with E-state index in [9.17, 15) is 0 Å². The van der Waals surface area contributed by atoms with E-state index < -0.39 is 0 Å². The van der Waals surface area contributed by atoms with Crippen LogP contribution in [0.15, 0.2) is 78.9 Å². The topological polar surface area (TPSA) is 53.2 Å². The van der Waals surface area contributed by atoms with Crippen LogP contribution in [-0.4, -0.2) is 42.3 Å². The van der Waals surface area contributed by atoms with Gasteiger partial charge in [-0.05, 0) is 64.4 Å². The first kappa shape index (κ1) is 27.2. The smallest absolute Gasteiger partial charge is 0.138 e. The van der Waals surface area contributed by atoms with E-state index in [-0.39, 0.29) is 0 Å². The second kappa shape index (κ2) is 12.6. The first-order chi connectivity index (χ1) is 18.4. The Hall–Kier alpha value is -3.83. The van der Waals surface area contributed by atoms with Crippen molar-refractivity contribution in [3.63, 3.8) is 0 Å². The molecule has 0 aliphatic rings. The Kier molecular flexibility index (Phi) is 9.03. The lowest BCUT2D eigenvalue weighted by Gasteiger charge is -2.23. The van der Waals surface area contributed by atoms with Crippen LogP contribution in [0.3, 0.4) is 0 Å². The molecule has 3 aromatic carbocycles. The molecule has 5 heteroatoms. The van der Waals surface area contributed by atoms with Crippen molar-refractivity contribution in [1.82, 2.24) is 9.97 Å². The second-order valence-corrected chi connectivity index (χ2v) is 10.1. The van der Waals surface area contributed by atoms with Gasteiger partial charge in [0.25, 0.3) is 0 Å². The Balaban J connectivity index is 1.69. The number of rotatable bonds is 11. The molecule has 4 rings (SSSR count). The molecule has 0 atom stereocenters. The Labute approximate surface area is 227 Å². The Bertz CT molecular complexity index is 1320. The van der Waals surface area contributed by atoms with E-state index in [0.717, 1.165) is 51.8 Å². The molecular weight excluding hydrogens is 468 g/mol. The lowest BCUT2D eigenvalue weighted by atomic mass is 10.0. The zero-order chi connectivity index (χ0) is 27.1. The molecule has 1 heterocycles. The molecule has 5 nitrogen and oxygen atoms in total. The number of imidazole rings is 1. The summed E-state index contributed by atoms with van der Waals surface area (Å²) < 4.78 is 5.40. The minimum Gasteiger partial charge on any atom is -0.383 e. The molecule has 198 valence electrons. The van der Waals surface area contributed by atoms with Crippen molar-refractivity contribution < 1.29 is 4.74 Å². The fraction of sp³-hybridized carbons (Fsp3) is 0.303. The van der Waals surface area contributed by atoms with Crippen LogP contribution in [0.1, 0.15) is 40.2 Å². The van der Waals surface area contributed by atoms with Gasteiger partial charge in [-0.3, -0.25) is 0 Å². The van der Waals surface area contributed by atoms with Gasteiger partial charge < -0.3 is 19.9 Å². The predicted octanol–water partition coefficient (Wildman–Crippen LogP) is 8.13. The van der Waals surface area contributed by atoms with Crippen molar-refractivity contribution in [2.45, 2.75) is 46.7 Å². The molecule has 0 spiro atoms. The molecule has 0 saturated heterocycles. The van der Waals surface area contributed by atoms with Crippen LogP contribution in [0.5, 0.6) is 0 Å². The summed E-state index contributed by atoms with van der Waals surface area (Å²) in [6, 6.07) is 26.5. The van der Waals surface area contributed by atoms with Crippen LogP contribution in [-0.2, 0) is 4.74 Å². The van der Waals surface area contributed by atoms with Gasteiger partial charge in [-0.1, -0.05) is 60.7 Å². The molecule has 0 bridgehead atoms. The molecule has 0 radical (unpaired) electrons. The predicted molar refractivity (Wildman–Crippen MR) is 163 cm³/mol. The van der Waals surface area contributed by atoms with E-state index >= 15 is 0 Å². The number of benzene rings is 3. The van der Waals surface area contributed by atoms with Gasteiger partial charge in [0.1, 0.15) is 5.82 Å². The highest BCUT2D eigenvalue weighted by molar-refractivity contribution is 5.82. The number of aromatic amines is 1. The van der Waals surface area contributed by atoms with E-state index in [2.05, 4.69) is 129 Å². The maximum absolute atomic E-state index is 5.40. The van der Waals surface area contributed by atoms with E-state index in [1.165, 1.54) is 5.69 Å². The SMILES string of the molecule is CCOC/C=C/c1ccc(-c2nc(-c3ccc(N(C)C(C)C)cc3)c(-c3ccc(NC(C)C)cc3)[nH]2)cc1. The van der Waals surface area contributed by atoms with Crippen molar-refractivity contribution >= 4 is 17.5 Å². The van der Waals surface area contributed by atoms with Gasteiger partial charge in [0, 0.05) is 53.8 Å². The molecule has 2 N–H and O–H groups in total. The van der Waals surface area contributed by atoms with Crippen molar-refractivity contribution in [3.8, 4) is 33.9 Å². The number of aromatic nitrogens is 2. The van der Waals surface area contributed by atoms with Crippen molar-refractivity contribution in [2.75, 3.05) is 30.5 Å². The monoisotopic (exact) mass is 508 g/mol. The summed E-state index contributed by atoms with van der Waals surface area (Å²) in [5, 5.41) is 3.47. The summed E-state index contributed by atoms with van der Waals surface area (Å²) in [4.78, 5) is 11.0. The standard InChI is InChI=1S/C33H40N4O/c1-7-38-22-8-9-25-10-12-28(13-11-25)33-35-31(26-14-18-29(19-15-26)34-23(2)3)32(36-33)27-16-20-30(21-17-27)37(6)24(4)5/h8-21,23-24,34H,7,22H2,1-6H3,(H,35,36)/b9-8+. The van der Waals surface area contributed by atoms with Gasteiger partial charge in [0.2, 0.25) is 0 Å². The van der Waals surface area contributed by atoms with Crippen LogP contribution in [0, 0.1) is 0 Å². The number of nitrogens with zero attached hydrogens (tertiary/aromatic N) is 2. The minimum atomic E-state index is 0.384. The fourth-order valence-electron chi connectivity index (χ4n) is 4.27. The summed E-state index contributed by atoms with van der Waals surface area (Å²) in [7, 11) is 2.13. The van der Waals surface area contributed by atoms with E-state index in [0.29, 0.717) is 18.7 Å². The summed E-state index contributed by atoms with van der Waals surface area (Å²) in [6.07, 6.45) is 4.13. The molecular formula is C33H40N4O. The second-order valence-electron chi connectivity index (χ2n) is 10.1. The maximum atomic E-state index is 5.40. The molecule has 0 aliphatic carbocycles. The highest BCUT2D eigenvalue weighted by Crippen LogP contribution is 2.34. The quantitative estimate of drug-likeness (QED) is 0.201. The number of H-pyrrole nitrogens is 1. The number of nitrogens with one attached hydrogen (secondary N) is 2. The highest BCUT2D eigenvalue weighted by Gasteiger charge is 2.16. The van der Waals surface area contributed by atoms with E-state index in [1.54, 1.807) is 0 Å². The van der Waals surface area contributed by atoms with Crippen molar-refractivity contribution in [1.29, 1.82) is 0 Å². The third-order valence-electron chi connectivity index (χ3n) is 6.57. The van der Waals surface area contributed by atoms with Gasteiger partial charge in [0.05, 0.1) is 18.0 Å². The van der Waals surface area contributed by atoms with Crippen LogP contribution in [0.4, 0.5) is 11.4 Å². The molecule has 38 heavy (non-hydrogen) atoms. The molecule has 1 aromatic heterocycles. The number of hydrogen-bond acceptors (Lipinski definition) is 4. The molecule has 0 aliphatic heterocycles. The van der Waals surface area contributed by atoms with Gasteiger partial charge >= 0.3 is 0 Å². The zero-order valence-electron chi connectivity index (χ0n) is 23.5. The Morgan fingerprint density at radius 3 is 2.11 bits per heavy atom. The zero-order valence-corrected chi connectivity index (χ0v) is 23.5. The maximum Gasteiger partial charge on any atom is 0.138 e. The largest absolute Gasteiger partial charge is 0.383 e. The summed E-state index contributed by atoms with van der Waals surface area (Å²) in [5.41, 5.74) is 8.64. The first-order valence-corrected chi connectivity index (χ1v) is 13.5. The average molecular weight is 509 g/mol. The van der Waals surface area contributed by atoms with Gasteiger partial charge in [-0.15, -0.1) is 0 Å². The van der Waals surface area contributed by atoms with E-state index in [4.69, 9.17) is 9.72 Å². The van der Waals surface area contributed by atoms with Gasteiger partial charge in [-0.2, -0.15) is 0 Å². The molecule has 0 fully saturated rings. The molecule has 0 unspecified atom stereocenters. The number of ether oxygens (including phenoxy) is 1. The summed E-state index contributed by atoms with van der Waals surface area (Å²) in [5.74, 6) is 0.854. The number of anilines is 2. The lowest BCUT2D eigenvalue weighted by molar-refractivity contribution is 0.178. The third kappa shape index (κ3) is 6.73. The van der Waals surface area contributed by atoms with Gasteiger partial charge in [0.15, 0.2) is 0 Å². The van der Waals surface area contributed by atoms with Crippen LogP contribution >= 0.6 is 0 Å². The Morgan fingerprint density at radius 1 is 0.868 bits per heavy atom. The molecule has 0 saturated carbocycles. The Morgan fingerprint density at radius 2 is 1.50 bits per heavy atom. The highest BCUT2D eigenvalue weighted by atomic mass is 16.5. The van der Waals surface area contributed by atoms with Crippen molar-refractivity contribution in [3.05, 3.63) is 84.4 Å². The minimum absolute atomic E-state index is 0.384. The summed E-state index contributed by atoms with van der Waals surface area (Å²) in [6.45, 7) is 12.0. The van der Waals surface area contributed by atoms with Crippen LogP contribution in [0.2, 0.25) is 0 Å². The average Bonchev–Trinajstić information content (AvgIpc) is 3.37. The van der Waals surface area contributed by atoms with Crippen LogP contribution < -0.4 is 10.2 Å². The van der Waals surface area contributed by atoms with Gasteiger partial charge in [-0.25, -0.2) is 4.98 Å². The first-order valence-electron chi connectivity index (χ1n) is 13.5. The third-order valence-corrected chi connectivity index (χ3v) is 6.57. The van der Waals surface area contributed by atoms with Crippen molar-refractivity contribution in [2.24, 2.45) is 0 Å². The molecule has 0 amide bonds. The fourth-order valence-corrected chi connectivity index (χ4v) is 4.27. The summed E-state index contributed by atoms with van der Waals surface area (Å²) >= 11 is 0. The normalized spacial score (nSPS) is 11.6. The lowest BCUT2D eigenvalue weighted by Crippen LogP contribution is -2.25.